The van der Waals surface area contributed by atoms with Crippen molar-refractivity contribution in [3.05, 3.63) is 57.6 Å². The van der Waals surface area contributed by atoms with Crippen molar-refractivity contribution in [1.29, 1.82) is 0 Å². The molecule has 2 aromatic rings. The van der Waals surface area contributed by atoms with E-state index in [-0.39, 0.29) is 10.8 Å². The number of aromatic hydroxyl groups is 2. The summed E-state index contributed by atoms with van der Waals surface area (Å²) in [4.78, 5) is 0. The zero-order chi connectivity index (χ0) is 24.1. The van der Waals surface area contributed by atoms with Crippen LogP contribution in [0.15, 0.2) is 24.3 Å². The second-order valence-electron chi connectivity index (χ2n) is 11.7. The molecule has 0 aliphatic rings. The van der Waals surface area contributed by atoms with Crippen LogP contribution in [0.25, 0.3) is 0 Å². The van der Waals surface area contributed by atoms with Crippen molar-refractivity contribution in [3.8, 4) is 11.5 Å². The molecule has 0 aromatic heterocycles. The fraction of sp³-hybridized carbons (Fsp3) is 0.600. The topological polar surface area (TPSA) is 40.5 Å². The lowest BCUT2D eigenvalue weighted by Crippen LogP contribution is -2.12. The third-order valence-electron chi connectivity index (χ3n) is 6.52. The highest BCUT2D eigenvalue weighted by Crippen LogP contribution is 2.35. The maximum absolute atomic E-state index is 10.4. The zero-order valence-electron chi connectivity index (χ0n) is 21.9. The second kappa shape index (κ2) is 10.8. The molecule has 0 amide bonds. The van der Waals surface area contributed by atoms with Gasteiger partial charge in [0.2, 0.25) is 0 Å². The molecule has 0 saturated heterocycles. The van der Waals surface area contributed by atoms with Crippen molar-refractivity contribution in [1.82, 2.24) is 0 Å². The van der Waals surface area contributed by atoms with Gasteiger partial charge in [0.1, 0.15) is 11.5 Å². The predicted octanol–water partition coefficient (Wildman–Crippen LogP) is 8.44. The van der Waals surface area contributed by atoms with Gasteiger partial charge >= 0.3 is 0 Å². The normalized spacial score (nSPS) is 12.4. The van der Waals surface area contributed by atoms with Crippen LogP contribution < -0.4 is 0 Å². The van der Waals surface area contributed by atoms with Crippen LogP contribution in [0.5, 0.6) is 11.5 Å². The van der Waals surface area contributed by atoms with Gasteiger partial charge in [0, 0.05) is 0 Å². The highest BCUT2D eigenvalue weighted by Gasteiger charge is 2.21. The van der Waals surface area contributed by atoms with Crippen molar-refractivity contribution in [2.45, 2.75) is 118 Å². The summed E-state index contributed by atoms with van der Waals surface area (Å²) in [7, 11) is 0. The first-order chi connectivity index (χ1) is 14.8. The summed E-state index contributed by atoms with van der Waals surface area (Å²) >= 11 is 0. The van der Waals surface area contributed by atoms with Crippen molar-refractivity contribution < 1.29 is 10.2 Å². The lowest BCUT2D eigenvalue weighted by Gasteiger charge is -2.23. The Bertz CT molecular complexity index is 819. The van der Waals surface area contributed by atoms with E-state index >= 15 is 0 Å². The molecule has 0 atom stereocenters. The number of hydrogen-bond acceptors (Lipinski definition) is 2. The fourth-order valence-corrected chi connectivity index (χ4v) is 4.51. The number of phenols is 2. The van der Waals surface area contributed by atoms with Crippen LogP contribution in [0.2, 0.25) is 0 Å². The third kappa shape index (κ3) is 7.29. The first-order valence-corrected chi connectivity index (χ1v) is 12.5. The quantitative estimate of drug-likeness (QED) is 0.386. The Morgan fingerprint density at radius 2 is 0.844 bits per heavy atom. The maximum atomic E-state index is 10.4. The molecule has 2 aromatic carbocycles. The Balaban J connectivity index is 1.74. The molecule has 0 heterocycles. The summed E-state index contributed by atoms with van der Waals surface area (Å²) in [5.74, 6) is 0.916. The molecule has 2 heteroatoms. The van der Waals surface area contributed by atoms with Crippen LogP contribution in [0, 0.1) is 13.8 Å². The lowest BCUT2D eigenvalue weighted by molar-refractivity contribution is 0.441. The first-order valence-electron chi connectivity index (χ1n) is 12.5. The van der Waals surface area contributed by atoms with Gasteiger partial charge < -0.3 is 10.2 Å². The molecule has 0 saturated carbocycles. The average Bonchev–Trinajstić information content (AvgIpc) is 2.67. The van der Waals surface area contributed by atoms with E-state index in [4.69, 9.17) is 0 Å². The minimum absolute atomic E-state index is 0.0332. The van der Waals surface area contributed by atoms with E-state index in [1.807, 2.05) is 13.8 Å². The molecule has 2 rings (SSSR count). The van der Waals surface area contributed by atoms with Crippen LogP contribution in [0.3, 0.4) is 0 Å². The van der Waals surface area contributed by atoms with Crippen LogP contribution in [0.1, 0.15) is 113 Å². The summed E-state index contributed by atoms with van der Waals surface area (Å²) in [6.45, 7) is 17.0. The number of benzene rings is 2. The van der Waals surface area contributed by atoms with Gasteiger partial charge in [-0.05, 0) is 83.7 Å². The van der Waals surface area contributed by atoms with Crippen molar-refractivity contribution in [2.24, 2.45) is 0 Å². The van der Waals surface area contributed by atoms with Gasteiger partial charge in [0.25, 0.3) is 0 Å². The van der Waals surface area contributed by atoms with E-state index < -0.39 is 0 Å². The van der Waals surface area contributed by atoms with E-state index in [9.17, 15) is 10.2 Å². The molecular weight excluding hydrogens is 392 g/mol. The van der Waals surface area contributed by atoms with Gasteiger partial charge in [-0.3, -0.25) is 0 Å². The highest BCUT2D eigenvalue weighted by molar-refractivity contribution is 5.47. The summed E-state index contributed by atoms with van der Waals surface area (Å²) in [5.41, 5.74) is 6.74. The Kier molecular flexibility index (Phi) is 8.85. The van der Waals surface area contributed by atoms with E-state index in [1.54, 1.807) is 0 Å². The fourth-order valence-electron chi connectivity index (χ4n) is 4.51. The molecule has 0 radical (unpaired) electrons. The van der Waals surface area contributed by atoms with E-state index in [0.29, 0.717) is 11.5 Å². The molecule has 0 unspecified atom stereocenters. The van der Waals surface area contributed by atoms with Gasteiger partial charge in [-0.25, -0.2) is 0 Å². The predicted molar refractivity (Wildman–Crippen MR) is 138 cm³/mol. The van der Waals surface area contributed by atoms with Crippen LogP contribution in [-0.4, -0.2) is 10.2 Å². The van der Waals surface area contributed by atoms with E-state index in [0.717, 1.165) is 35.1 Å². The number of phenolic OH excluding ortho intramolecular Hbond substituents is 2. The van der Waals surface area contributed by atoms with Crippen molar-refractivity contribution in [3.63, 3.8) is 0 Å². The largest absolute Gasteiger partial charge is 0.507 e. The molecule has 0 spiro atoms. The van der Waals surface area contributed by atoms with Gasteiger partial charge in [-0.1, -0.05) is 91.5 Å². The standard InChI is InChI=1S/C30H46O2/c1-21-17-23(19-25(27(21)31)29(3,4)5)15-13-11-9-10-12-14-16-24-18-22(2)28(32)26(20-24)30(6,7)8/h17-20,31-32H,9-16H2,1-8H3. The van der Waals surface area contributed by atoms with Crippen LogP contribution in [-0.2, 0) is 23.7 Å². The number of rotatable bonds is 9. The molecule has 0 fully saturated rings. The summed E-state index contributed by atoms with van der Waals surface area (Å²) in [6.07, 6.45) is 9.68. The second-order valence-corrected chi connectivity index (χ2v) is 11.7. The van der Waals surface area contributed by atoms with Crippen LogP contribution in [0.4, 0.5) is 0 Å². The summed E-state index contributed by atoms with van der Waals surface area (Å²) < 4.78 is 0. The molecule has 32 heavy (non-hydrogen) atoms. The SMILES string of the molecule is Cc1cc(CCCCCCCCc2cc(C)c(O)c(C(C)(C)C)c2)cc(C(C)(C)C)c1O. The minimum Gasteiger partial charge on any atom is -0.507 e. The van der Waals surface area contributed by atoms with Crippen molar-refractivity contribution >= 4 is 0 Å². The van der Waals surface area contributed by atoms with Gasteiger partial charge in [-0.15, -0.1) is 0 Å². The Hall–Kier alpha value is -1.96. The molecule has 0 aliphatic carbocycles. The number of aryl methyl sites for hydroxylation is 4. The molecule has 0 aliphatic heterocycles. The van der Waals surface area contributed by atoms with Crippen molar-refractivity contribution in [2.75, 3.05) is 0 Å². The zero-order valence-corrected chi connectivity index (χ0v) is 21.9. The molecule has 0 bridgehead atoms. The van der Waals surface area contributed by atoms with Crippen LogP contribution >= 0.6 is 0 Å². The summed E-state index contributed by atoms with van der Waals surface area (Å²) in [6, 6.07) is 8.70. The monoisotopic (exact) mass is 438 g/mol. The average molecular weight is 439 g/mol. The van der Waals surface area contributed by atoms with E-state index in [1.165, 1.54) is 49.7 Å². The first kappa shape index (κ1) is 26.3. The highest BCUT2D eigenvalue weighted by atomic mass is 16.3. The van der Waals surface area contributed by atoms with Gasteiger partial charge in [-0.2, -0.15) is 0 Å². The smallest absolute Gasteiger partial charge is 0.122 e. The molecule has 2 N–H and O–H groups in total. The number of unbranched alkanes of at least 4 members (excludes halogenated alkanes) is 5. The Morgan fingerprint density at radius 1 is 0.531 bits per heavy atom. The molecule has 178 valence electrons. The molecule has 2 nitrogen and oxygen atoms in total. The van der Waals surface area contributed by atoms with E-state index in [2.05, 4.69) is 65.8 Å². The Morgan fingerprint density at radius 3 is 1.16 bits per heavy atom. The lowest BCUT2D eigenvalue weighted by atomic mass is 9.83. The number of hydrogen-bond donors (Lipinski definition) is 2. The van der Waals surface area contributed by atoms with Gasteiger partial charge in [0.15, 0.2) is 0 Å². The van der Waals surface area contributed by atoms with Gasteiger partial charge in [0.05, 0.1) is 0 Å². The Labute approximate surface area is 197 Å². The third-order valence-corrected chi connectivity index (χ3v) is 6.52. The maximum Gasteiger partial charge on any atom is 0.122 e. The minimum atomic E-state index is -0.0332. The summed E-state index contributed by atoms with van der Waals surface area (Å²) in [5, 5.41) is 20.8. The molecular formula is C30H46O2.